The van der Waals surface area contributed by atoms with E-state index in [-0.39, 0.29) is 0 Å². The van der Waals surface area contributed by atoms with Gasteiger partial charge in [0.2, 0.25) is 5.95 Å². The number of likely N-dealkylation sites (tertiary alicyclic amines) is 1. The van der Waals surface area contributed by atoms with E-state index < -0.39 is 0 Å². The number of fused-ring (bicyclic) bond motifs is 1. The van der Waals surface area contributed by atoms with Gasteiger partial charge in [0.25, 0.3) is 0 Å². The quantitative estimate of drug-likeness (QED) is 0.225. The summed E-state index contributed by atoms with van der Waals surface area (Å²) in [5.41, 5.74) is 3.72. The van der Waals surface area contributed by atoms with Crippen LogP contribution in [0.1, 0.15) is 57.9 Å². The first-order valence-electron chi connectivity index (χ1n) is 16.3. The van der Waals surface area contributed by atoms with E-state index in [2.05, 4.69) is 63.4 Å². The van der Waals surface area contributed by atoms with Gasteiger partial charge in [-0.15, -0.1) is 0 Å². The van der Waals surface area contributed by atoms with Crippen LogP contribution in [0.15, 0.2) is 36.4 Å². The van der Waals surface area contributed by atoms with Crippen LogP contribution in [0.4, 0.5) is 17.5 Å². The molecule has 0 saturated carbocycles. The second-order valence-corrected chi connectivity index (χ2v) is 11.8. The van der Waals surface area contributed by atoms with Crippen LogP contribution >= 0.6 is 0 Å². The zero-order valence-electron chi connectivity index (χ0n) is 26.7. The maximum Gasteiger partial charge on any atom is 0.225 e. The number of nitrogens with one attached hydrogen (secondary N) is 2. The molecule has 2 aliphatic heterocycles. The van der Waals surface area contributed by atoms with Gasteiger partial charge >= 0.3 is 0 Å². The molecule has 0 radical (unpaired) electrons. The smallest absolute Gasteiger partial charge is 0.225 e. The Kier molecular flexibility index (Phi) is 11.2. The molecule has 5 rings (SSSR count). The average Bonchev–Trinajstić information content (AvgIpc) is 3.05. The Bertz CT molecular complexity index is 1300. The molecule has 3 heterocycles. The van der Waals surface area contributed by atoms with Crippen molar-refractivity contribution < 1.29 is 9.47 Å². The van der Waals surface area contributed by atoms with Gasteiger partial charge in [-0.1, -0.05) is 32.0 Å². The molecule has 0 bridgehead atoms. The van der Waals surface area contributed by atoms with Crippen LogP contribution in [0, 0.1) is 0 Å². The number of hydrogen-bond donors (Lipinski definition) is 2. The molecular weight excluding hydrogens is 538 g/mol. The molecule has 234 valence electrons. The molecule has 2 saturated heterocycles. The number of piperidine rings is 2. The number of benzene rings is 2. The predicted octanol–water partition coefficient (Wildman–Crippen LogP) is 5.86. The van der Waals surface area contributed by atoms with E-state index in [1.165, 1.54) is 43.6 Å². The molecule has 2 fully saturated rings. The summed E-state index contributed by atoms with van der Waals surface area (Å²) in [6, 6.07) is 13.3. The normalized spacial score (nSPS) is 16.5. The van der Waals surface area contributed by atoms with E-state index in [1.54, 1.807) is 14.2 Å². The summed E-state index contributed by atoms with van der Waals surface area (Å²) < 4.78 is 11.2. The van der Waals surface area contributed by atoms with Crippen LogP contribution in [0.3, 0.4) is 0 Å². The highest BCUT2D eigenvalue weighted by Crippen LogP contribution is 2.35. The molecular formula is C34H51N7O2. The van der Waals surface area contributed by atoms with Crippen LogP contribution in [0.5, 0.6) is 11.5 Å². The standard InChI is InChI=1S/C34H51N7O2/c1-5-39(6-2)18-12-17-35-34-37-29-24-32(43-4)31(42-3)23-28(29)33(38-34)36-27-15-21-40(22-16-27)25-26-13-8-9-14-30(26)41-19-10-7-11-20-41/h8-9,13-14,23-24,27H,5-7,10-12,15-22,25H2,1-4H3,(H2,35,36,37,38). The van der Waals surface area contributed by atoms with Crippen molar-refractivity contribution in [3.8, 4) is 11.5 Å². The van der Waals surface area contributed by atoms with Gasteiger partial charge in [-0.25, -0.2) is 4.98 Å². The summed E-state index contributed by atoms with van der Waals surface area (Å²) in [6.45, 7) is 13.9. The zero-order chi connectivity index (χ0) is 30.0. The summed E-state index contributed by atoms with van der Waals surface area (Å²) in [5, 5.41) is 8.22. The first-order valence-corrected chi connectivity index (χ1v) is 16.3. The minimum Gasteiger partial charge on any atom is -0.493 e. The second-order valence-electron chi connectivity index (χ2n) is 11.8. The lowest BCUT2D eigenvalue weighted by atomic mass is 10.0. The van der Waals surface area contributed by atoms with Gasteiger partial charge in [-0.2, -0.15) is 4.98 Å². The van der Waals surface area contributed by atoms with Crippen molar-refractivity contribution in [2.45, 2.75) is 65.0 Å². The third-order valence-electron chi connectivity index (χ3n) is 9.04. The van der Waals surface area contributed by atoms with Crippen molar-refractivity contribution in [3.05, 3.63) is 42.0 Å². The van der Waals surface area contributed by atoms with Crippen molar-refractivity contribution in [1.29, 1.82) is 0 Å². The van der Waals surface area contributed by atoms with Crippen LogP contribution in [-0.4, -0.2) is 92.4 Å². The van der Waals surface area contributed by atoms with Crippen molar-refractivity contribution in [1.82, 2.24) is 19.8 Å². The van der Waals surface area contributed by atoms with Gasteiger partial charge in [-0.05, 0) is 75.9 Å². The zero-order valence-corrected chi connectivity index (χ0v) is 26.7. The number of nitrogens with zero attached hydrogens (tertiary/aromatic N) is 5. The molecule has 3 aromatic rings. The molecule has 0 unspecified atom stereocenters. The number of rotatable bonds is 14. The maximum atomic E-state index is 5.63. The lowest BCUT2D eigenvalue weighted by Gasteiger charge is -2.35. The van der Waals surface area contributed by atoms with Gasteiger partial charge in [0, 0.05) is 62.5 Å². The van der Waals surface area contributed by atoms with E-state index in [0.29, 0.717) is 23.5 Å². The van der Waals surface area contributed by atoms with Gasteiger partial charge in [0.05, 0.1) is 19.7 Å². The molecule has 1 aromatic heterocycles. The van der Waals surface area contributed by atoms with Gasteiger partial charge in [0.1, 0.15) is 5.82 Å². The molecule has 9 heteroatoms. The molecule has 2 aliphatic rings. The summed E-state index contributed by atoms with van der Waals surface area (Å²) in [7, 11) is 3.33. The van der Waals surface area contributed by atoms with Crippen molar-refractivity contribution in [2.75, 3.05) is 82.1 Å². The number of anilines is 3. The van der Waals surface area contributed by atoms with Crippen molar-refractivity contribution in [3.63, 3.8) is 0 Å². The van der Waals surface area contributed by atoms with Gasteiger partial charge in [0.15, 0.2) is 11.5 Å². The lowest BCUT2D eigenvalue weighted by Crippen LogP contribution is -2.39. The maximum absolute atomic E-state index is 5.63. The molecule has 2 N–H and O–H groups in total. The average molecular weight is 590 g/mol. The minimum atomic E-state index is 0.343. The fraction of sp³-hybridized carbons (Fsp3) is 0.588. The van der Waals surface area contributed by atoms with Crippen LogP contribution < -0.4 is 25.0 Å². The largest absolute Gasteiger partial charge is 0.493 e. The third-order valence-corrected chi connectivity index (χ3v) is 9.04. The number of aromatic nitrogens is 2. The first-order chi connectivity index (χ1) is 21.1. The molecule has 0 amide bonds. The molecule has 43 heavy (non-hydrogen) atoms. The predicted molar refractivity (Wildman–Crippen MR) is 178 cm³/mol. The summed E-state index contributed by atoms with van der Waals surface area (Å²) in [4.78, 5) is 17.5. The minimum absolute atomic E-state index is 0.343. The summed E-state index contributed by atoms with van der Waals surface area (Å²) in [5.74, 6) is 2.86. The second kappa shape index (κ2) is 15.4. The monoisotopic (exact) mass is 589 g/mol. The van der Waals surface area contributed by atoms with E-state index in [0.717, 1.165) is 81.8 Å². The Balaban J connectivity index is 1.26. The topological polar surface area (TPSA) is 78.0 Å². The van der Waals surface area contributed by atoms with Crippen molar-refractivity contribution in [2.24, 2.45) is 0 Å². The molecule has 9 nitrogen and oxygen atoms in total. The first kappa shape index (κ1) is 31.1. The fourth-order valence-electron chi connectivity index (χ4n) is 6.44. The Hall–Kier alpha value is -3.30. The highest BCUT2D eigenvalue weighted by molar-refractivity contribution is 5.92. The van der Waals surface area contributed by atoms with Crippen molar-refractivity contribution >= 4 is 28.4 Å². The van der Waals surface area contributed by atoms with Gasteiger partial charge < -0.3 is 29.9 Å². The molecule has 0 aliphatic carbocycles. The van der Waals surface area contributed by atoms with Crippen LogP contribution in [0.2, 0.25) is 0 Å². The molecule has 0 atom stereocenters. The van der Waals surface area contributed by atoms with E-state index in [9.17, 15) is 0 Å². The van der Waals surface area contributed by atoms with E-state index in [1.807, 2.05) is 12.1 Å². The van der Waals surface area contributed by atoms with Crippen LogP contribution in [0.25, 0.3) is 10.9 Å². The highest BCUT2D eigenvalue weighted by atomic mass is 16.5. The summed E-state index contributed by atoms with van der Waals surface area (Å²) in [6.07, 6.45) is 7.13. The Morgan fingerprint density at radius 1 is 0.907 bits per heavy atom. The van der Waals surface area contributed by atoms with Crippen LogP contribution in [-0.2, 0) is 6.54 Å². The SMILES string of the molecule is CCN(CC)CCCNc1nc(NC2CCN(Cc3ccccc3N3CCCCC3)CC2)c2cc(OC)c(OC)cc2n1. The number of para-hydroxylation sites is 1. The van der Waals surface area contributed by atoms with Gasteiger partial charge in [-0.3, -0.25) is 4.90 Å². The van der Waals surface area contributed by atoms with E-state index in [4.69, 9.17) is 19.4 Å². The fourth-order valence-corrected chi connectivity index (χ4v) is 6.44. The highest BCUT2D eigenvalue weighted by Gasteiger charge is 2.23. The Morgan fingerprint density at radius 3 is 2.35 bits per heavy atom. The number of hydrogen-bond acceptors (Lipinski definition) is 9. The Labute approximate surface area is 258 Å². The van der Waals surface area contributed by atoms with E-state index >= 15 is 0 Å². The number of ether oxygens (including phenoxy) is 2. The molecule has 2 aromatic carbocycles. The summed E-state index contributed by atoms with van der Waals surface area (Å²) >= 11 is 0. The molecule has 0 spiro atoms. The third kappa shape index (κ3) is 8.00. The Morgan fingerprint density at radius 2 is 1.63 bits per heavy atom. The lowest BCUT2D eigenvalue weighted by molar-refractivity contribution is 0.211. The number of methoxy groups -OCH3 is 2.